The number of nitrogens with zero attached hydrogens (tertiary/aromatic N) is 3. The molecule has 0 unspecified atom stereocenters. The Hall–Kier alpha value is -4.31. The summed E-state index contributed by atoms with van der Waals surface area (Å²) < 4.78 is 12.5. The van der Waals surface area contributed by atoms with Crippen LogP contribution in [0.3, 0.4) is 0 Å². The number of anilines is 1. The third-order valence-corrected chi connectivity index (χ3v) is 6.35. The number of methoxy groups -OCH3 is 2. The monoisotopic (exact) mass is 517 g/mol. The van der Waals surface area contributed by atoms with Crippen LogP contribution in [0.15, 0.2) is 78.0 Å². The molecule has 2 N–H and O–H groups in total. The molecule has 0 bridgehead atoms. The predicted octanol–water partition coefficient (Wildman–Crippen LogP) is 4.25. The summed E-state index contributed by atoms with van der Waals surface area (Å²) >= 11 is 1.23. The van der Waals surface area contributed by atoms with E-state index in [-0.39, 0.29) is 24.1 Å². The van der Waals surface area contributed by atoms with Gasteiger partial charge in [-0.3, -0.25) is 14.2 Å². The Labute approximate surface area is 219 Å². The number of thioether (sulfide) groups is 1. The number of rotatable bonds is 10. The first-order valence-electron chi connectivity index (χ1n) is 11.5. The molecule has 190 valence electrons. The van der Waals surface area contributed by atoms with Gasteiger partial charge in [0.15, 0.2) is 11.0 Å². The molecule has 0 aliphatic heterocycles. The molecular formula is C27H27N5O4S. The minimum Gasteiger partial charge on any atom is -0.497 e. The summed E-state index contributed by atoms with van der Waals surface area (Å²) in [4.78, 5) is 25.3. The standard InChI is InChI=1S/C27H27N5O4S/c1-18-7-6-8-19(15-18)26(34)28-16-24-30-31-27(32(24)22-9-4-5-10-23(22)36-3)37-17-25(33)29-20-11-13-21(35-2)14-12-20/h4-15H,16-17H2,1-3H3,(H,28,34)(H,29,33). The van der Waals surface area contributed by atoms with Crippen LogP contribution in [0.2, 0.25) is 0 Å². The van der Waals surface area contributed by atoms with Crippen molar-refractivity contribution in [2.45, 2.75) is 18.6 Å². The zero-order valence-electron chi connectivity index (χ0n) is 20.7. The molecule has 0 saturated carbocycles. The molecule has 0 fully saturated rings. The van der Waals surface area contributed by atoms with E-state index < -0.39 is 0 Å². The molecule has 0 spiro atoms. The van der Waals surface area contributed by atoms with Crippen molar-refractivity contribution in [1.82, 2.24) is 20.1 Å². The van der Waals surface area contributed by atoms with Crippen molar-refractivity contribution in [3.63, 3.8) is 0 Å². The molecule has 4 rings (SSSR count). The second kappa shape index (κ2) is 12.1. The maximum Gasteiger partial charge on any atom is 0.251 e. The minimum absolute atomic E-state index is 0.106. The minimum atomic E-state index is -0.216. The summed E-state index contributed by atoms with van der Waals surface area (Å²) in [6.07, 6.45) is 0. The Balaban J connectivity index is 1.52. The first-order valence-corrected chi connectivity index (χ1v) is 12.5. The van der Waals surface area contributed by atoms with Gasteiger partial charge in [-0.1, -0.05) is 41.6 Å². The lowest BCUT2D eigenvalue weighted by Crippen LogP contribution is -2.24. The van der Waals surface area contributed by atoms with E-state index in [1.54, 1.807) is 49.1 Å². The van der Waals surface area contributed by atoms with Crippen molar-refractivity contribution in [3.05, 3.63) is 89.7 Å². The Morgan fingerprint density at radius 3 is 2.46 bits per heavy atom. The number of aromatic nitrogens is 3. The summed E-state index contributed by atoms with van der Waals surface area (Å²) in [6.45, 7) is 2.07. The van der Waals surface area contributed by atoms with Gasteiger partial charge in [-0.15, -0.1) is 10.2 Å². The summed E-state index contributed by atoms with van der Waals surface area (Å²) in [7, 11) is 3.17. The van der Waals surface area contributed by atoms with Gasteiger partial charge in [0, 0.05) is 11.3 Å². The highest BCUT2D eigenvalue weighted by molar-refractivity contribution is 7.99. The van der Waals surface area contributed by atoms with Gasteiger partial charge in [0.2, 0.25) is 5.91 Å². The molecule has 2 amide bonds. The maximum absolute atomic E-state index is 12.7. The van der Waals surface area contributed by atoms with E-state index in [1.165, 1.54) is 11.8 Å². The summed E-state index contributed by atoms with van der Waals surface area (Å²) in [6, 6.07) is 21.9. The fourth-order valence-corrected chi connectivity index (χ4v) is 4.38. The van der Waals surface area contributed by atoms with Crippen LogP contribution in [-0.2, 0) is 11.3 Å². The van der Waals surface area contributed by atoms with Crippen molar-refractivity contribution >= 4 is 29.3 Å². The van der Waals surface area contributed by atoms with E-state index in [0.717, 1.165) is 5.56 Å². The van der Waals surface area contributed by atoms with Crippen LogP contribution in [0.25, 0.3) is 5.69 Å². The number of carbonyl (C=O) groups is 2. The largest absolute Gasteiger partial charge is 0.497 e. The number of para-hydroxylation sites is 2. The predicted molar refractivity (Wildman–Crippen MR) is 143 cm³/mol. The molecule has 4 aromatic rings. The number of carbonyl (C=O) groups excluding carboxylic acids is 2. The average molecular weight is 518 g/mol. The van der Waals surface area contributed by atoms with Crippen LogP contribution < -0.4 is 20.1 Å². The highest BCUT2D eigenvalue weighted by atomic mass is 32.2. The molecule has 0 radical (unpaired) electrons. The summed E-state index contributed by atoms with van der Waals surface area (Å²) in [5.74, 6) is 1.51. The van der Waals surface area contributed by atoms with Crippen LogP contribution >= 0.6 is 11.8 Å². The number of aryl methyl sites for hydroxylation is 1. The van der Waals surface area contributed by atoms with E-state index in [0.29, 0.717) is 39.4 Å². The molecule has 0 aliphatic carbocycles. The lowest BCUT2D eigenvalue weighted by Gasteiger charge is -2.14. The molecule has 1 heterocycles. The number of amides is 2. The van der Waals surface area contributed by atoms with Crippen LogP contribution in [0, 0.1) is 6.92 Å². The van der Waals surface area contributed by atoms with Crippen molar-refractivity contribution in [2.24, 2.45) is 0 Å². The third kappa shape index (κ3) is 6.47. The topological polar surface area (TPSA) is 107 Å². The highest BCUT2D eigenvalue weighted by Crippen LogP contribution is 2.29. The first-order chi connectivity index (χ1) is 18.0. The normalized spacial score (nSPS) is 10.6. The summed E-state index contributed by atoms with van der Waals surface area (Å²) in [5.41, 5.74) is 2.93. The van der Waals surface area contributed by atoms with Gasteiger partial charge in [0.25, 0.3) is 5.91 Å². The lowest BCUT2D eigenvalue weighted by molar-refractivity contribution is -0.113. The van der Waals surface area contributed by atoms with Gasteiger partial charge in [0.05, 0.1) is 32.2 Å². The molecule has 0 aliphatic rings. The van der Waals surface area contributed by atoms with E-state index in [1.807, 2.05) is 49.4 Å². The fraction of sp³-hybridized carbons (Fsp3) is 0.185. The number of benzene rings is 3. The molecule has 10 heteroatoms. The number of hydrogen-bond acceptors (Lipinski definition) is 7. The smallest absolute Gasteiger partial charge is 0.251 e. The Morgan fingerprint density at radius 2 is 1.73 bits per heavy atom. The van der Waals surface area contributed by atoms with E-state index in [2.05, 4.69) is 20.8 Å². The van der Waals surface area contributed by atoms with Gasteiger partial charge in [-0.05, 0) is 55.5 Å². The molecule has 3 aromatic carbocycles. The first kappa shape index (κ1) is 25.8. The molecule has 37 heavy (non-hydrogen) atoms. The Bertz CT molecular complexity index is 1390. The van der Waals surface area contributed by atoms with Crippen molar-refractivity contribution in [1.29, 1.82) is 0 Å². The third-order valence-electron chi connectivity index (χ3n) is 5.42. The van der Waals surface area contributed by atoms with Crippen LogP contribution in [0.4, 0.5) is 5.69 Å². The second-order valence-electron chi connectivity index (χ2n) is 8.02. The molecular weight excluding hydrogens is 490 g/mol. The van der Waals surface area contributed by atoms with Crippen LogP contribution in [0.1, 0.15) is 21.7 Å². The molecule has 1 aromatic heterocycles. The number of nitrogens with one attached hydrogen (secondary N) is 2. The molecule has 0 saturated heterocycles. The highest BCUT2D eigenvalue weighted by Gasteiger charge is 2.19. The van der Waals surface area contributed by atoms with Crippen LogP contribution in [-0.4, -0.2) is 46.6 Å². The second-order valence-corrected chi connectivity index (χ2v) is 8.97. The van der Waals surface area contributed by atoms with Crippen molar-refractivity contribution in [3.8, 4) is 17.2 Å². The van der Waals surface area contributed by atoms with Gasteiger partial charge in [-0.2, -0.15) is 0 Å². The molecule has 0 atom stereocenters. The summed E-state index contributed by atoms with van der Waals surface area (Å²) in [5, 5.41) is 14.9. The Morgan fingerprint density at radius 1 is 0.946 bits per heavy atom. The van der Waals surface area contributed by atoms with Gasteiger partial charge in [0.1, 0.15) is 11.5 Å². The Kier molecular flexibility index (Phi) is 8.42. The van der Waals surface area contributed by atoms with E-state index in [9.17, 15) is 9.59 Å². The van der Waals surface area contributed by atoms with Gasteiger partial charge in [-0.25, -0.2) is 0 Å². The zero-order valence-corrected chi connectivity index (χ0v) is 21.5. The number of hydrogen-bond donors (Lipinski definition) is 2. The SMILES string of the molecule is COc1ccc(NC(=O)CSc2nnc(CNC(=O)c3cccc(C)c3)n2-c2ccccc2OC)cc1. The number of ether oxygens (including phenoxy) is 2. The van der Waals surface area contributed by atoms with Crippen molar-refractivity contribution in [2.75, 3.05) is 25.3 Å². The zero-order chi connectivity index (χ0) is 26.2. The lowest BCUT2D eigenvalue weighted by atomic mass is 10.1. The quantitative estimate of drug-likeness (QED) is 0.303. The van der Waals surface area contributed by atoms with Gasteiger partial charge >= 0.3 is 0 Å². The van der Waals surface area contributed by atoms with E-state index >= 15 is 0 Å². The molecule has 9 nitrogen and oxygen atoms in total. The van der Waals surface area contributed by atoms with E-state index in [4.69, 9.17) is 9.47 Å². The van der Waals surface area contributed by atoms with Gasteiger partial charge < -0.3 is 20.1 Å². The van der Waals surface area contributed by atoms with Crippen LogP contribution in [0.5, 0.6) is 11.5 Å². The average Bonchev–Trinajstić information content (AvgIpc) is 3.33. The van der Waals surface area contributed by atoms with Crippen molar-refractivity contribution < 1.29 is 19.1 Å². The fourth-order valence-electron chi connectivity index (χ4n) is 3.61. The maximum atomic E-state index is 12.7.